The normalized spacial score (nSPS) is 17.1. The molecule has 1 N–H and O–H groups in total. The van der Waals surface area contributed by atoms with E-state index < -0.39 is 33.0 Å². The van der Waals surface area contributed by atoms with Gasteiger partial charge in [-0.2, -0.15) is 0 Å². The van der Waals surface area contributed by atoms with Crippen LogP contribution in [0.5, 0.6) is 0 Å². The molecule has 0 atom stereocenters. The highest BCUT2D eigenvalue weighted by Crippen LogP contribution is 2.32. The number of sulfonamides is 1. The number of hydrogen-bond acceptors (Lipinski definition) is 5. The molecule has 1 aliphatic rings. The van der Waals surface area contributed by atoms with Gasteiger partial charge >= 0.3 is 6.09 Å². The van der Waals surface area contributed by atoms with Crippen molar-refractivity contribution in [3.63, 3.8) is 0 Å². The molecule has 0 radical (unpaired) electrons. The zero-order valence-corrected chi connectivity index (χ0v) is 18.2. The van der Waals surface area contributed by atoms with E-state index in [-0.39, 0.29) is 5.75 Å². The van der Waals surface area contributed by atoms with Gasteiger partial charge in [0, 0.05) is 18.1 Å². The minimum absolute atomic E-state index is 0.310. The number of ether oxygens (including phenoxy) is 1. The van der Waals surface area contributed by atoms with E-state index in [2.05, 4.69) is 4.72 Å². The maximum atomic E-state index is 12.6. The molecule has 0 aromatic heterocycles. The van der Waals surface area contributed by atoms with E-state index in [0.29, 0.717) is 36.5 Å². The molecular weight excluding hydrogens is 404 g/mol. The van der Waals surface area contributed by atoms with Crippen molar-refractivity contribution in [3.05, 3.63) is 34.9 Å². The van der Waals surface area contributed by atoms with Crippen LogP contribution in [0.1, 0.15) is 46.1 Å². The molecule has 1 saturated heterocycles. The van der Waals surface area contributed by atoms with E-state index in [9.17, 15) is 18.0 Å². The standard InChI is InChI=1S/C19H27ClN2O5S/c1-18(2,3)27-17(24)22-11-9-19(4,10-12-22)16(23)21-28(25,26)13-14-5-7-15(20)8-6-14/h5-8H,9-13H2,1-4H3,(H,21,23). The van der Waals surface area contributed by atoms with Gasteiger partial charge in [-0.15, -0.1) is 0 Å². The van der Waals surface area contributed by atoms with Crippen LogP contribution in [0.4, 0.5) is 4.79 Å². The quantitative estimate of drug-likeness (QED) is 0.790. The van der Waals surface area contributed by atoms with E-state index in [1.165, 1.54) is 0 Å². The van der Waals surface area contributed by atoms with Crippen molar-refractivity contribution in [3.8, 4) is 0 Å². The van der Waals surface area contributed by atoms with Crippen molar-refractivity contribution in [1.82, 2.24) is 9.62 Å². The van der Waals surface area contributed by atoms with Crippen LogP contribution in [0.15, 0.2) is 24.3 Å². The predicted molar refractivity (Wildman–Crippen MR) is 107 cm³/mol. The maximum Gasteiger partial charge on any atom is 0.410 e. The summed E-state index contributed by atoms with van der Waals surface area (Å²) in [5, 5.41) is 0.509. The first kappa shape index (κ1) is 22.5. The van der Waals surface area contributed by atoms with Crippen molar-refractivity contribution >= 4 is 33.6 Å². The average molecular weight is 431 g/mol. The van der Waals surface area contributed by atoms with E-state index in [0.717, 1.165) is 0 Å². The Morgan fingerprint density at radius 3 is 2.21 bits per heavy atom. The Labute approximate surface area is 171 Å². The zero-order valence-electron chi connectivity index (χ0n) is 16.6. The summed E-state index contributed by atoms with van der Waals surface area (Å²) < 4.78 is 32.2. The molecule has 1 heterocycles. The highest BCUT2D eigenvalue weighted by Gasteiger charge is 2.40. The molecule has 0 saturated carbocycles. The number of likely N-dealkylation sites (tertiary alicyclic amines) is 1. The van der Waals surface area contributed by atoms with E-state index in [1.807, 2.05) is 0 Å². The number of carbonyl (C=O) groups is 2. The lowest BCUT2D eigenvalue weighted by Crippen LogP contribution is -2.50. The maximum absolute atomic E-state index is 12.6. The van der Waals surface area contributed by atoms with Crippen LogP contribution in [0.2, 0.25) is 5.02 Å². The molecule has 2 rings (SSSR count). The van der Waals surface area contributed by atoms with Gasteiger partial charge in [-0.3, -0.25) is 9.52 Å². The Morgan fingerprint density at radius 1 is 1.18 bits per heavy atom. The Morgan fingerprint density at radius 2 is 1.71 bits per heavy atom. The van der Waals surface area contributed by atoms with Crippen LogP contribution in [-0.4, -0.2) is 44.0 Å². The molecule has 0 unspecified atom stereocenters. The minimum atomic E-state index is -3.84. The van der Waals surface area contributed by atoms with Crippen LogP contribution in [0.3, 0.4) is 0 Å². The lowest BCUT2D eigenvalue weighted by molar-refractivity contribution is -0.130. The Hall–Kier alpha value is -1.80. The van der Waals surface area contributed by atoms with Gasteiger partial charge in [0.2, 0.25) is 15.9 Å². The van der Waals surface area contributed by atoms with Gasteiger partial charge in [-0.05, 0) is 51.3 Å². The van der Waals surface area contributed by atoms with Gasteiger partial charge in [-0.25, -0.2) is 13.2 Å². The summed E-state index contributed by atoms with van der Waals surface area (Å²) >= 11 is 5.80. The minimum Gasteiger partial charge on any atom is -0.444 e. The number of nitrogens with zero attached hydrogens (tertiary/aromatic N) is 1. The Bertz CT molecular complexity index is 823. The summed E-state index contributed by atoms with van der Waals surface area (Å²) in [6.07, 6.45) is 0.286. The first-order chi connectivity index (χ1) is 12.8. The molecule has 1 aliphatic heterocycles. The highest BCUT2D eigenvalue weighted by atomic mass is 35.5. The van der Waals surface area contributed by atoms with E-state index in [1.54, 1.807) is 56.9 Å². The second kappa shape index (κ2) is 8.29. The third-order valence-corrected chi connectivity index (χ3v) is 6.05. The Kier molecular flexibility index (Phi) is 6.66. The fourth-order valence-corrected chi connectivity index (χ4v) is 4.20. The molecule has 1 fully saturated rings. The van der Waals surface area contributed by atoms with Crippen LogP contribution in [0, 0.1) is 5.41 Å². The van der Waals surface area contributed by atoms with E-state index >= 15 is 0 Å². The Balaban J connectivity index is 1.95. The molecule has 9 heteroatoms. The summed E-state index contributed by atoms with van der Waals surface area (Å²) in [6.45, 7) is 7.74. The summed E-state index contributed by atoms with van der Waals surface area (Å²) in [6, 6.07) is 6.41. The second-order valence-electron chi connectivity index (χ2n) is 8.34. The molecule has 1 aromatic rings. The van der Waals surface area contributed by atoms with Crippen molar-refractivity contribution < 1.29 is 22.7 Å². The van der Waals surface area contributed by atoms with Crippen LogP contribution in [-0.2, 0) is 25.3 Å². The van der Waals surface area contributed by atoms with Crippen LogP contribution < -0.4 is 4.72 Å². The molecular formula is C19H27ClN2O5S. The average Bonchev–Trinajstić information content (AvgIpc) is 2.55. The number of benzene rings is 1. The lowest BCUT2D eigenvalue weighted by Gasteiger charge is -2.38. The summed E-state index contributed by atoms with van der Waals surface area (Å²) in [7, 11) is -3.84. The molecule has 0 bridgehead atoms. The number of rotatable bonds is 4. The summed E-state index contributed by atoms with van der Waals surface area (Å²) in [5.41, 5.74) is -0.925. The molecule has 156 valence electrons. The topological polar surface area (TPSA) is 92.8 Å². The molecule has 0 spiro atoms. The van der Waals surface area contributed by atoms with Gasteiger partial charge in [0.1, 0.15) is 5.60 Å². The smallest absolute Gasteiger partial charge is 0.410 e. The second-order valence-corrected chi connectivity index (χ2v) is 10.5. The lowest BCUT2D eigenvalue weighted by atomic mass is 9.80. The van der Waals surface area contributed by atoms with Crippen molar-refractivity contribution in [2.45, 2.75) is 51.9 Å². The van der Waals surface area contributed by atoms with Gasteiger partial charge < -0.3 is 9.64 Å². The number of halogens is 1. The van der Waals surface area contributed by atoms with Crippen LogP contribution >= 0.6 is 11.6 Å². The van der Waals surface area contributed by atoms with Gasteiger partial charge in [0.25, 0.3) is 0 Å². The van der Waals surface area contributed by atoms with Crippen molar-refractivity contribution in [2.75, 3.05) is 13.1 Å². The first-order valence-electron chi connectivity index (χ1n) is 9.07. The molecule has 7 nitrogen and oxygen atoms in total. The predicted octanol–water partition coefficient (Wildman–Crippen LogP) is 3.32. The highest BCUT2D eigenvalue weighted by molar-refractivity contribution is 7.89. The largest absolute Gasteiger partial charge is 0.444 e. The third-order valence-electron chi connectivity index (χ3n) is 4.59. The van der Waals surface area contributed by atoms with Crippen molar-refractivity contribution in [1.29, 1.82) is 0 Å². The van der Waals surface area contributed by atoms with E-state index in [4.69, 9.17) is 16.3 Å². The van der Waals surface area contributed by atoms with Crippen molar-refractivity contribution in [2.24, 2.45) is 5.41 Å². The fraction of sp³-hybridized carbons (Fsp3) is 0.579. The number of nitrogens with one attached hydrogen (secondary N) is 1. The molecule has 1 aromatic carbocycles. The molecule has 28 heavy (non-hydrogen) atoms. The van der Waals surface area contributed by atoms with Gasteiger partial charge in [0.15, 0.2) is 0 Å². The van der Waals surface area contributed by atoms with Gasteiger partial charge in [-0.1, -0.05) is 30.7 Å². The third kappa shape index (κ3) is 6.38. The number of amides is 2. The first-order valence-corrected chi connectivity index (χ1v) is 11.1. The van der Waals surface area contributed by atoms with Crippen LogP contribution in [0.25, 0.3) is 0 Å². The fourth-order valence-electron chi connectivity index (χ4n) is 2.84. The monoisotopic (exact) mass is 430 g/mol. The number of hydrogen-bond donors (Lipinski definition) is 1. The van der Waals surface area contributed by atoms with Gasteiger partial charge in [0.05, 0.1) is 11.2 Å². The number of carbonyl (C=O) groups excluding carboxylic acids is 2. The molecule has 0 aliphatic carbocycles. The summed E-state index contributed by atoms with van der Waals surface area (Å²) in [5.74, 6) is -0.860. The summed E-state index contributed by atoms with van der Waals surface area (Å²) in [4.78, 5) is 26.3. The number of piperidine rings is 1. The molecule has 2 amide bonds. The zero-order chi connectivity index (χ0) is 21.2. The SMILES string of the molecule is CC(C)(C)OC(=O)N1CCC(C)(C(=O)NS(=O)(=O)Cc2ccc(Cl)cc2)CC1.